The van der Waals surface area contributed by atoms with Crippen molar-refractivity contribution in [2.45, 2.75) is 24.1 Å². The number of alkyl halides is 9. The molecule has 0 saturated heterocycles. The molecule has 11 heteroatoms. The molecule has 25 heavy (non-hydrogen) atoms. The first kappa shape index (κ1) is 19.0. The lowest BCUT2D eigenvalue weighted by atomic mass is 10.1. The van der Waals surface area contributed by atoms with E-state index in [-0.39, 0.29) is 5.39 Å². The zero-order valence-corrected chi connectivity index (χ0v) is 11.7. The monoisotopic (exact) mass is 378 g/mol. The Labute approximate surface area is 133 Å². The third kappa shape index (κ3) is 2.91. The smallest absolute Gasteiger partial charge is 0.471 e. The van der Waals surface area contributed by atoms with Crippen LogP contribution in [0, 0.1) is 0 Å². The van der Waals surface area contributed by atoms with Crippen LogP contribution in [0.25, 0.3) is 10.8 Å². The lowest BCUT2D eigenvalue weighted by Crippen LogP contribution is -2.62. The maximum Gasteiger partial charge on any atom is 0.471 e. The molecule has 0 aromatic heterocycles. The molecule has 0 bridgehead atoms. The summed E-state index contributed by atoms with van der Waals surface area (Å²) in [6.07, 6.45) is -13.1. The number of fused-ring (bicyclic) bond motifs is 1. The molecule has 0 atom stereocenters. The maximum atomic E-state index is 13.5. The van der Waals surface area contributed by atoms with Gasteiger partial charge in [0.25, 0.3) is 0 Å². The Hall–Kier alpha value is -2.33. The molecule has 0 aliphatic heterocycles. The van der Waals surface area contributed by atoms with E-state index in [0.717, 1.165) is 18.2 Å². The van der Waals surface area contributed by atoms with Crippen LogP contribution in [-0.4, -0.2) is 29.2 Å². The Bertz CT molecular complexity index is 783. The van der Waals surface area contributed by atoms with Crippen LogP contribution < -0.4 is 4.74 Å². The standard InChI is InChI=1S/C14H7F9O2/c15-11(16,13(19,20)21)12(17,18)14(22,23)25-10-6-5-9(24)7-3-1-2-4-8(7)10/h1-6,24H. The van der Waals surface area contributed by atoms with Crippen molar-refractivity contribution in [1.29, 1.82) is 0 Å². The van der Waals surface area contributed by atoms with Gasteiger partial charge < -0.3 is 9.84 Å². The summed E-state index contributed by atoms with van der Waals surface area (Å²) in [7, 11) is 0. The van der Waals surface area contributed by atoms with Gasteiger partial charge in [-0.3, -0.25) is 0 Å². The molecule has 0 unspecified atom stereocenters. The van der Waals surface area contributed by atoms with E-state index >= 15 is 0 Å². The lowest BCUT2D eigenvalue weighted by molar-refractivity contribution is -0.428. The van der Waals surface area contributed by atoms with E-state index in [2.05, 4.69) is 4.74 Å². The quantitative estimate of drug-likeness (QED) is 0.727. The van der Waals surface area contributed by atoms with Gasteiger partial charge in [-0.25, -0.2) is 0 Å². The molecule has 1 N–H and O–H groups in total. The second-order valence-electron chi connectivity index (χ2n) is 4.89. The zero-order chi connectivity index (χ0) is 19.3. The molecular formula is C14H7F9O2. The molecule has 0 amide bonds. The topological polar surface area (TPSA) is 29.5 Å². The van der Waals surface area contributed by atoms with Gasteiger partial charge in [0, 0.05) is 10.8 Å². The molecule has 138 valence electrons. The highest BCUT2D eigenvalue weighted by atomic mass is 19.4. The van der Waals surface area contributed by atoms with Crippen molar-refractivity contribution < 1.29 is 49.4 Å². The van der Waals surface area contributed by atoms with Crippen LogP contribution >= 0.6 is 0 Å². The third-order valence-corrected chi connectivity index (χ3v) is 3.22. The lowest BCUT2D eigenvalue weighted by Gasteiger charge is -2.33. The second-order valence-corrected chi connectivity index (χ2v) is 4.89. The first-order valence-corrected chi connectivity index (χ1v) is 6.32. The SMILES string of the molecule is Oc1ccc(OC(F)(F)C(F)(F)C(F)(F)C(F)(F)F)c2ccccc12. The Kier molecular flexibility index (Phi) is 4.25. The summed E-state index contributed by atoms with van der Waals surface area (Å²) in [5.41, 5.74) is 0. The van der Waals surface area contributed by atoms with Gasteiger partial charge in [-0.2, -0.15) is 39.5 Å². The first-order valence-electron chi connectivity index (χ1n) is 6.32. The fourth-order valence-electron chi connectivity index (χ4n) is 1.91. The molecule has 0 fully saturated rings. The van der Waals surface area contributed by atoms with Gasteiger partial charge >= 0.3 is 24.1 Å². The largest absolute Gasteiger partial charge is 0.507 e. The fourth-order valence-corrected chi connectivity index (χ4v) is 1.91. The van der Waals surface area contributed by atoms with Crippen LogP contribution in [0.4, 0.5) is 39.5 Å². The van der Waals surface area contributed by atoms with Gasteiger partial charge in [-0.1, -0.05) is 24.3 Å². The molecule has 2 aromatic carbocycles. The summed E-state index contributed by atoms with van der Waals surface area (Å²) >= 11 is 0. The Balaban J connectivity index is 2.51. The number of rotatable bonds is 4. The molecule has 0 heterocycles. The minimum Gasteiger partial charge on any atom is -0.507 e. The summed E-state index contributed by atoms with van der Waals surface area (Å²) in [6.45, 7) is 0. The number of phenols is 1. The number of ether oxygens (including phenoxy) is 1. The number of benzene rings is 2. The normalized spacial score (nSPS) is 14.0. The molecular weight excluding hydrogens is 371 g/mol. The van der Waals surface area contributed by atoms with E-state index in [9.17, 15) is 44.6 Å². The molecule has 2 rings (SSSR count). The summed E-state index contributed by atoms with van der Waals surface area (Å²) in [6, 6.07) is 5.99. The van der Waals surface area contributed by atoms with Crippen molar-refractivity contribution in [1.82, 2.24) is 0 Å². The number of phenolic OH excluding ortho intramolecular Hbond substituents is 1. The van der Waals surface area contributed by atoms with Gasteiger partial charge in [0.1, 0.15) is 11.5 Å². The molecule has 0 aliphatic carbocycles. The summed E-state index contributed by atoms with van der Waals surface area (Å²) < 4.78 is 119. The number of hydrogen-bond acceptors (Lipinski definition) is 2. The van der Waals surface area contributed by atoms with E-state index in [0.29, 0.717) is 6.07 Å². The molecule has 0 spiro atoms. The van der Waals surface area contributed by atoms with Crippen molar-refractivity contribution in [3.63, 3.8) is 0 Å². The van der Waals surface area contributed by atoms with Crippen LogP contribution in [0.5, 0.6) is 11.5 Å². The maximum absolute atomic E-state index is 13.5. The van der Waals surface area contributed by atoms with E-state index in [1.54, 1.807) is 0 Å². The number of hydrogen-bond donors (Lipinski definition) is 1. The highest BCUT2D eigenvalue weighted by molar-refractivity contribution is 5.92. The van der Waals surface area contributed by atoms with Crippen molar-refractivity contribution >= 4 is 10.8 Å². The van der Waals surface area contributed by atoms with Gasteiger partial charge in [0.05, 0.1) is 0 Å². The number of aromatic hydroxyl groups is 1. The van der Waals surface area contributed by atoms with Gasteiger partial charge in [-0.15, -0.1) is 0 Å². The van der Waals surface area contributed by atoms with Crippen LogP contribution in [0.1, 0.15) is 0 Å². The summed E-state index contributed by atoms with van der Waals surface area (Å²) in [5.74, 6) is -15.5. The molecule has 0 saturated carbocycles. The van der Waals surface area contributed by atoms with Crippen molar-refractivity contribution in [3.8, 4) is 11.5 Å². The van der Waals surface area contributed by atoms with Crippen LogP contribution in [-0.2, 0) is 0 Å². The fraction of sp³-hybridized carbons (Fsp3) is 0.286. The Morgan fingerprint density at radius 1 is 0.680 bits per heavy atom. The Morgan fingerprint density at radius 3 is 1.72 bits per heavy atom. The van der Waals surface area contributed by atoms with E-state index in [4.69, 9.17) is 0 Å². The molecule has 2 aromatic rings. The predicted molar refractivity (Wildman–Crippen MR) is 67.1 cm³/mol. The highest BCUT2D eigenvalue weighted by Gasteiger charge is 2.83. The van der Waals surface area contributed by atoms with Gasteiger partial charge in [0.2, 0.25) is 0 Å². The van der Waals surface area contributed by atoms with E-state index in [1.807, 2.05) is 0 Å². The molecule has 0 radical (unpaired) electrons. The first-order chi connectivity index (χ1) is 11.2. The van der Waals surface area contributed by atoms with E-state index in [1.165, 1.54) is 12.1 Å². The average molecular weight is 378 g/mol. The van der Waals surface area contributed by atoms with Gasteiger partial charge in [0.15, 0.2) is 0 Å². The zero-order valence-electron chi connectivity index (χ0n) is 11.7. The minimum absolute atomic E-state index is 0.165. The number of halogens is 9. The summed E-state index contributed by atoms with van der Waals surface area (Å²) in [5, 5.41) is 8.97. The van der Waals surface area contributed by atoms with Crippen molar-refractivity contribution in [2.24, 2.45) is 0 Å². The van der Waals surface area contributed by atoms with Crippen LogP contribution in [0.2, 0.25) is 0 Å². The second kappa shape index (κ2) is 5.60. The van der Waals surface area contributed by atoms with E-state index < -0.39 is 41.0 Å². The third-order valence-electron chi connectivity index (χ3n) is 3.22. The van der Waals surface area contributed by atoms with Crippen molar-refractivity contribution in [2.75, 3.05) is 0 Å². The average Bonchev–Trinajstić information content (AvgIpc) is 2.49. The molecule has 0 aliphatic rings. The minimum atomic E-state index is -7.05. The van der Waals surface area contributed by atoms with Gasteiger partial charge in [-0.05, 0) is 12.1 Å². The van der Waals surface area contributed by atoms with Crippen LogP contribution in [0.15, 0.2) is 36.4 Å². The Morgan fingerprint density at radius 2 is 1.20 bits per heavy atom. The predicted octanol–water partition coefficient (Wildman–Crippen LogP) is 5.35. The molecule has 2 nitrogen and oxygen atoms in total. The highest BCUT2D eigenvalue weighted by Crippen LogP contribution is 2.53. The van der Waals surface area contributed by atoms with Crippen LogP contribution in [0.3, 0.4) is 0 Å². The summed E-state index contributed by atoms with van der Waals surface area (Å²) in [4.78, 5) is 0. The van der Waals surface area contributed by atoms with Crippen molar-refractivity contribution in [3.05, 3.63) is 36.4 Å².